The minimum atomic E-state index is -0.645. The molecule has 0 unspecified atom stereocenters. The van der Waals surface area contributed by atoms with Crippen LogP contribution in [-0.4, -0.2) is 40.7 Å². The van der Waals surface area contributed by atoms with Crippen LogP contribution in [0.2, 0.25) is 0 Å². The molecule has 0 N–H and O–H groups in total. The first-order valence-corrected chi connectivity index (χ1v) is 5.78. The lowest BCUT2D eigenvalue weighted by molar-refractivity contribution is -0.163. The molecule has 1 rings (SSSR count). The van der Waals surface area contributed by atoms with Crippen molar-refractivity contribution in [3.63, 3.8) is 0 Å². The smallest absolute Gasteiger partial charge is 0.329 e. The van der Waals surface area contributed by atoms with Crippen LogP contribution in [0, 0.1) is 0 Å². The molecular formula is C12H19NO4. The van der Waals surface area contributed by atoms with E-state index in [0.29, 0.717) is 6.42 Å². The monoisotopic (exact) mass is 241 g/mol. The molecule has 0 saturated carbocycles. The van der Waals surface area contributed by atoms with Crippen molar-refractivity contribution in [3.05, 3.63) is 0 Å². The SMILES string of the molecule is CC[C@H](C(=O)OC(C)(C)C)N1CC(=O)CC1=O. The van der Waals surface area contributed by atoms with Crippen LogP contribution in [0.15, 0.2) is 0 Å². The van der Waals surface area contributed by atoms with Crippen molar-refractivity contribution in [2.75, 3.05) is 6.54 Å². The fourth-order valence-corrected chi connectivity index (χ4v) is 1.77. The fourth-order valence-electron chi connectivity index (χ4n) is 1.77. The van der Waals surface area contributed by atoms with Crippen molar-refractivity contribution in [2.45, 2.75) is 52.2 Å². The number of hydrogen-bond acceptors (Lipinski definition) is 4. The molecule has 1 aliphatic heterocycles. The van der Waals surface area contributed by atoms with Gasteiger partial charge in [0.25, 0.3) is 0 Å². The van der Waals surface area contributed by atoms with Crippen LogP contribution in [0.25, 0.3) is 0 Å². The van der Waals surface area contributed by atoms with E-state index in [0.717, 1.165) is 0 Å². The van der Waals surface area contributed by atoms with Gasteiger partial charge in [0.2, 0.25) is 5.91 Å². The molecule has 0 bridgehead atoms. The van der Waals surface area contributed by atoms with Crippen LogP contribution < -0.4 is 0 Å². The summed E-state index contributed by atoms with van der Waals surface area (Å²) in [5.74, 6) is -0.868. The Morgan fingerprint density at radius 3 is 2.35 bits per heavy atom. The molecule has 1 atom stereocenters. The minimum Gasteiger partial charge on any atom is -0.458 e. The van der Waals surface area contributed by atoms with Crippen molar-refractivity contribution in [3.8, 4) is 0 Å². The number of nitrogens with zero attached hydrogens (tertiary/aromatic N) is 1. The number of ketones is 1. The highest BCUT2D eigenvalue weighted by Gasteiger charge is 2.37. The Kier molecular flexibility index (Phi) is 3.91. The number of ether oxygens (including phenoxy) is 1. The second-order valence-corrected chi connectivity index (χ2v) is 5.19. The average molecular weight is 241 g/mol. The Morgan fingerprint density at radius 1 is 1.41 bits per heavy atom. The summed E-state index contributed by atoms with van der Waals surface area (Å²) in [6.07, 6.45) is 0.354. The highest BCUT2D eigenvalue weighted by atomic mass is 16.6. The van der Waals surface area contributed by atoms with Gasteiger partial charge >= 0.3 is 5.97 Å². The molecule has 17 heavy (non-hydrogen) atoms. The predicted molar refractivity (Wildman–Crippen MR) is 61.3 cm³/mol. The van der Waals surface area contributed by atoms with Crippen LogP contribution in [0.1, 0.15) is 40.5 Å². The summed E-state index contributed by atoms with van der Waals surface area (Å²) >= 11 is 0. The van der Waals surface area contributed by atoms with E-state index < -0.39 is 17.6 Å². The van der Waals surface area contributed by atoms with E-state index in [9.17, 15) is 14.4 Å². The van der Waals surface area contributed by atoms with Gasteiger partial charge in [0.15, 0.2) is 5.78 Å². The molecule has 1 aliphatic rings. The van der Waals surface area contributed by atoms with Gasteiger partial charge in [0, 0.05) is 0 Å². The van der Waals surface area contributed by atoms with Gasteiger partial charge in [-0.1, -0.05) is 6.92 Å². The number of likely N-dealkylation sites (tertiary alicyclic amines) is 1. The Morgan fingerprint density at radius 2 is 2.00 bits per heavy atom. The lowest BCUT2D eigenvalue weighted by atomic mass is 10.1. The van der Waals surface area contributed by atoms with Gasteiger partial charge in [-0.25, -0.2) is 4.79 Å². The molecule has 1 amide bonds. The number of Topliss-reactive ketones (excluding diaryl/α,β-unsaturated/α-hetero) is 1. The third kappa shape index (κ3) is 3.54. The number of carbonyl (C=O) groups is 3. The molecule has 0 aliphatic carbocycles. The van der Waals surface area contributed by atoms with Gasteiger partial charge in [-0.15, -0.1) is 0 Å². The third-order valence-electron chi connectivity index (χ3n) is 2.46. The van der Waals surface area contributed by atoms with E-state index in [1.807, 2.05) is 0 Å². The van der Waals surface area contributed by atoms with Crippen LogP contribution in [0.3, 0.4) is 0 Å². The number of amides is 1. The molecule has 0 aromatic heterocycles. The first kappa shape index (κ1) is 13.7. The van der Waals surface area contributed by atoms with Gasteiger partial charge in [-0.2, -0.15) is 0 Å². The molecule has 1 saturated heterocycles. The molecule has 1 heterocycles. The summed E-state index contributed by atoms with van der Waals surface area (Å²) in [6.45, 7) is 7.14. The zero-order valence-corrected chi connectivity index (χ0v) is 10.8. The lowest BCUT2D eigenvalue weighted by Gasteiger charge is -2.28. The Labute approximate surface area is 101 Å². The van der Waals surface area contributed by atoms with Gasteiger partial charge in [0.05, 0.1) is 13.0 Å². The fraction of sp³-hybridized carbons (Fsp3) is 0.750. The predicted octanol–water partition coefficient (Wildman–Crippen LogP) is 0.908. The molecule has 1 fully saturated rings. The van der Waals surface area contributed by atoms with Crippen molar-refractivity contribution in [1.29, 1.82) is 0 Å². The summed E-state index contributed by atoms with van der Waals surface area (Å²) in [7, 11) is 0. The Bertz CT molecular complexity index is 343. The molecule has 0 aromatic rings. The van der Waals surface area contributed by atoms with Gasteiger partial charge < -0.3 is 9.64 Å². The first-order valence-electron chi connectivity index (χ1n) is 5.78. The van der Waals surface area contributed by atoms with Crippen molar-refractivity contribution < 1.29 is 19.1 Å². The van der Waals surface area contributed by atoms with Crippen LogP contribution >= 0.6 is 0 Å². The minimum absolute atomic E-state index is 0.0244. The van der Waals surface area contributed by atoms with Crippen molar-refractivity contribution in [1.82, 2.24) is 4.90 Å². The van der Waals surface area contributed by atoms with Crippen LogP contribution in [-0.2, 0) is 19.1 Å². The second-order valence-electron chi connectivity index (χ2n) is 5.19. The average Bonchev–Trinajstić information content (AvgIpc) is 2.43. The molecule has 96 valence electrons. The Balaban J connectivity index is 2.75. The lowest BCUT2D eigenvalue weighted by Crippen LogP contribution is -2.45. The normalized spacial score (nSPS) is 18.5. The van der Waals surface area contributed by atoms with Crippen molar-refractivity contribution in [2.24, 2.45) is 0 Å². The van der Waals surface area contributed by atoms with E-state index in [1.165, 1.54) is 4.90 Å². The summed E-state index contributed by atoms with van der Waals surface area (Å²) in [4.78, 5) is 35.9. The molecular weight excluding hydrogens is 222 g/mol. The van der Waals surface area contributed by atoms with E-state index in [4.69, 9.17) is 4.74 Å². The molecule has 0 spiro atoms. The van der Waals surface area contributed by atoms with E-state index in [1.54, 1.807) is 27.7 Å². The zero-order chi connectivity index (χ0) is 13.2. The topological polar surface area (TPSA) is 63.7 Å². The van der Waals surface area contributed by atoms with Gasteiger partial charge in [-0.05, 0) is 27.2 Å². The highest BCUT2D eigenvalue weighted by Crippen LogP contribution is 2.17. The summed E-state index contributed by atoms with van der Waals surface area (Å²) in [5.41, 5.74) is -0.586. The zero-order valence-electron chi connectivity index (χ0n) is 10.8. The molecule has 0 aromatic carbocycles. The highest BCUT2D eigenvalue weighted by molar-refractivity contribution is 6.06. The van der Waals surface area contributed by atoms with Crippen molar-refractivity contribution >= 4 is 17.7 Å². The van der Waals surface area contributed by atoms with E-state index in [-0.39, 0.29) is 24.7 Å². The first-order chi connectivity index (χ1) is 7.74. The summed E-state index contributed by atoms with van der Waals surface area (Å²) in [5, 5.41) is 0. The number of esters is 1. The second kappa shape index (κ2) is 4.85. The maximum absolute atomic E-state index is 11.9. The number of rotatable bonds is 3. The van der Waals surface area contributed by atoms with Gasteiger partial charge in [-0.3, -0.25) is 9.59 Å². The van der Waals surface area contributed by atoms with Crippen LogP contribution in [0.5, 0.6) is 0 Å². The third-order valence-corrected chi connectivity index (χ3v) is 2.46. The van der Waals surface area contributed by atoms with Gasteiger partial charge in [0.1, 0.15) is 11.6 Å². The van der Waals surface area contributed by atoms with E-state index >= 15 is 0 Å². The molecule has 0 radical (unpaired) electrons. The maximum atomic E-state index is 11.9. The maximum Gasteiger partial charge on any atom is 0.329 e. The van der Waals surface area contributed by atoms with Crippen LogP contribution in [0.4, 0.5) is 0 Å². The van der Waals surface area contributed by atoms with E-state index in [2.05, 4.69) is 0 Å². The summed E-state index contributed by atoms with van der Waals surface area (Å²) in [6, 6.07) is -0.645. The summed E-state index contributed by atoms with van der Waals surface area (Å²) < 4.78 is 5.24. The quantitative estimate of drug-likeness (QED) is 0.544. The number of carbonyl (C=O) groups excluding carboxylic acids is 3. The Hall–Kier alpha value is -1.39. The standard InChI is InChI=1S/C12H19NO4/c1-5-9(11(16)17-12(2,3)4)13-7-8(14)6-10(13)15/h9H,5-7H2,1-4H3/t9-/m1/s1. The largest absolute Gasteiger partial charge is 0.458 e. The molecule has 5 nitrogen and oxygen atoms in total. The molecule has 5 heteroatoms. The number of hydrogen-bond donors (Lipinski definition) is 0.